The lowest BCUT2D eigenvalue weighted by atomic mass is 9.58. The van der Waals surface area contributed by atoms with E-state index in [0.29, 0.717) is 0 Å². The Morgan fingerprint density at radius 1 is 0.455 bits per heavy atom. The minimum atomic E-state index is -0.218. The first-order valence-electron chi connectivity index (χ1n) is 20.0. The van der Waals surface area contributed by atoms with E-state index in [0.717, 1.165) is 24.2 Å². The first kappa shape index (κ1) is 32.6. The average Bonchev–Trinajstić information content (AvgIpc) is 3.20. The Morgan fingerprint density at radius 3 is 1.78 bits per heavy atom. The van der Waals surface area contributed by atoms with Crippen molar-refractivity contribution in [2.24, 2.45) is 0 Å². The molecule has 3 heterocycles. The molecule has 0 saturated carbocycles. The summed E-state index contributed by atoms with van der Waals surface area (Å²) in [6.45, 7) is 14.8. The number of para-hydroxylation sites is 1. The van der Waals surface area contributed by atoms with Crippen LogP contribution in [0, 0.1) is 0 Å². The van der Waals surface area contributed by atoms with Crippen LogP contribution in [-0.4, -0.2) is 0 Å². The van der Waals surface area contributed by atoms with Gasteiger partial charge in [0.1, 0.15) is 0 Å². The predicted molar refractivity (Wildman–Crippen MR) is 233 cm³/mol. The summed E-state index contributed by atoms with van der Waals surface area (Å²) < 4.78 is 0. The van der Waals surface area contributed by atoms with Gasteiger partial charge < -0.3 is 9.80 Å². The van der Waals surface area contributed by atoms with Crippen LogP contribution >= 0.6 is 0 Å². The van der Waals surface area contributed by atoms with Crippen LogP contribution in [0.1, 0.15) is 76.6 Å². The lowest BCUT2D eigenvalue weighted by molar-refractivity contribution is 0.516. The number of hydrogen-bond donors (Lipinski definition) is 0. The van der Waals surface area contributed by atoms with Crippen LogP contribution in [0.2, 0.25) is 0 Å². The van der Waals surface area contributed by atoms with Crippen LogP contribution in [0.5, 0.6) is 0 Å². The number of rotatable bonds is 4. The van der Waals surface area contributed by atoms with E-state index in [4.69, 9.17) is 0 Å². The fourth-order valence-corrected chi connectivity index (χ4v) is 10.6. The predicted octanol–water partition coefficient (Wildman–Crippen LogP) is 14.5. The molecule has 0 bridgehead atoms. The number of hydrogen-bond acceptors (Lipinski definition) is 2. The third-order valence-corrected chi connectivity index (χ3v) is 13.6. The number of fused-ring (bicyclic) bond motifs is 2. The zero-order valence-corrected chi connectivity index (χ0v) is 32.7. The lowest BCUT2D eigenvalue weighted by Gasteiger charge is -2.57. The highest BCUT2D eigenvalue weighted by Gasteiger charge is 2.53. The van der Waals surface area contributed by atoms with Crippen LogP contribution in [0.15, 0.2) is 162 Å². The molecule has 0 amide bonds. The summed E-state index contributed by atoms with van der Waals surface area (Å²) in [6.07, 6.45) is 4.76. The molecule has 0 atom stereocenters. The Bertz CT molecular complexity index is 2860. The highest BCUT2D eigenvalue weighted by Crippen LogP contribution is 2.66. The van der Waals surface area contributed by atoms with Crippen molar-refractivity contribution in [2.45, 2.75) is 70.6 Å². The van der Waals surface area contributed by atoms with E-state index in [9.17, 15) is 0 Å². The second-order valence-electron chi connectivity index (χ2n) is 17.8. The lowest BCUT2D eigenvalue weighted by Crippen LogP contribution is -2.47. The van der Waals surface area contributed by atoms with Crippen molar-refractivity contribution in [3.8, 4) is 11.1 Å². The maximum Gasteiger partial charge on any atom is 0.0545 e. The number of nitrogens with zero attached hydrogens (tertiary/aromatic N) is 2. The van der Waals surface area contributed by atoms with Crippen LogP contribution in [-0.2, 0) is 16.2 Å². The Morgan fingerprint density at radius 2 is 1.04 bits per heavy atom. The van der Waals surface area contributed by atoms with Gasteiger partial charge in [0, 0.05) is 33.3 Å². The molecule has 1 aliphatic carbocycles. The van der Waals surface area contributed by atoms with Crippen molar-refractivity contribution >= 4 is 50.0 Å². The summed E-state index contributed by atoms with van der Waals surface area (Å²) >= 11 is 0. The van der Waals surface area contributed by atoms with Gasteiger partial charge in [-0.2, -0.15) is 0 Å². The quantitative estimate of drug-likeness (QED) is 0.179. The van der Waals surface area contributed by atoms with Crippen molar-refractivity contribution in [3.05, 3.63) is 185 Å². The minimum Gasteiger partial charge on any atom is -0.310 e. The standard InChI is InChI=1S/C53H46N2/c1-51(2)42-20-12-22-44-48(42)55-49-43(51)21-13-23-45(49)53(5,6)47-32-41(31-46(50(47)55)52(44,3)4)54(40-27-26-34-15-8-10-17-36(34)29-40)39-19-11-18-37(30-39)38-25-24-33-14-7-9-16-35(33)28-38/h7-12,14-20,22-32H,13,21H2,1-6H3. The normalized spacial score (nSPS) is 17.9. The van der Waals surface area contributed by atoms with Crippen LogP contribution in [0.4, 0.5) is 28.4 Å². The maximum atomic E-state index is 2.71. The van der Waals surface area contributed by atoms with Gasteiger partial charge in [-0.05, 0) is 121 Å². The largest absolute Gasteiger partial charge is 0.310 e. The van der Waals surface area contributed by atoms with Gasteiger partial charge in [0.25, 0.3) is 0 Å². The SMILES string of the molecule is CC1(C)C2=CCCC3=C2N2c4c1cc(N(c1cccc(-c5ccc6ccccc6c5)c1)c1ccc5ccccc5c1)cc4C(C)(C)c1cccc(c12)C3(C)C. The van der Waals surface area contributed by atoms with E-state index in [1.54, 1.807) is 5.57 Å². The van der Waals surface area contributed by atoms with E-state index in [2.05, 4.69) is 197 Å². The molecule has 2 heteroatoms. The first-order chi connectivity index (χ1) is 26.5. The molecule has 0 saturated heterocycles. The van der Waals surface area contributed by atoms with Gasteiger partial charge in [0.2, 0.25) is 0 Å². The Balaban J connectivity index is 1.19. The summed E-state index contributed by atoms with van der Waals surface area (Å²) in [5, 5.41) is 5.01. The second-order valence-corrected chi connectivity index (χ2v) is 17.8. The average molecular weight is 711 g/mol. The molecule has 11 rings (SSSR count). The van der Waals surface area contributed by atoms with E-state index in [1.165, 1.54) is 83.3 Å². The van der Waals surface area contributed by atoms with Crippen LogP contribution in [0.25, 0.3) is 32.7 Å². The van der Waals surface area contributed by atoms with Crippen LogP contribution < -0.4 is 9.80 Å². The Hall–Kier alpha value is -5.86. The van der Waals surface area contributed by atoms with Gasteiger partial charge in [0.05, 0.1) is 17.1 Å². The molecule has 0 unspecified atom stereocenters. The minimum absolute atomic E-state index is 0.0270. The molecule has 2 nitrogen and oxygen atoms in total. The van der Waals surface area contributed by atoms with E-state index in [1.807, 2.05) is 0 Å². The second kappa shape index (κ2) is 11.1. The zero-order chi connectivity index (χ0) is 37.4. The van der Waals surface area contributed by atoms with Gasteiger partial charge in [-0.1, -0.05) is 145 Å². The molecule has 7 aromatic rings. The van der Waals surface area contributed by atoms with E-state index < -0.39 is 0 Å². The van der Waals surface area contributed by atoms with Crippen molar-refractivity contribution in [2.75, 3.05) is 9.80 Å². The molecule has 0 radical (unpaired) electrons. The maximum absolute atomic E-state index is 2.71. The van der Waals surface area contributed by atoms with Gasteiger partial charge in [0.15, 0.2) is 0 Å². The molecule has 7 aromatic carbocycles. The fraction of sp³-hybridized carbons (Fsp3) is 0.208. The Kier molecular flexibility index (Phi) is 6.58. The molecule has 0 spiro atoms. The molecule has 3 aliphatic heterocycles. The summed E-state index contributed by atoms with van der Waals surface area (Å²) in [4.78, 5) is 5.22. The van der Waals surface area contributed by atoms with Crippen molar-refractivity contribution in [1.29, 1.82) is 0 Å². The zero-order valence-electron chi connectivity index (χ0n) is 32.7. The summed E-state index contributed by atoms with van der Waals surface area (Å²) in [7, 11) is 0. The molecular formula is C53H46N2. The Labute approximate surface area is 325 Å². The monoisotopic (exact) mass is 710 g/mol. The van der Waals surface area contributed by atoms with Gasteiger partial charge >= 0.3 is 0 Å². The van der Waals surface area contributed by atoms with Gasteiger partial charge in [-0.25, -0.2) is 0 Å². The number of allylic oxidation sites excluding steroid dienone is 3. The molecule has 55 heavy (non-hydrogen) atoms. The third-order valence-electron chi connectivity index (χ3n) is 13.6. The summed E-state index contributed by atoms with van der Waals surface area (Å²) in [6, 6.07) is 52.5. The fourth-order valence-electron chi connectivity index (χ4n) is 10.6. The van der Waals surface area contributed by atoms with Crippen LogP contribution in [0.3, 0.4) is 0 Å². The molecule has 4 aliphatic rings. The highest BCUT2D eigenvalue weighted by atomic mass is 15.2. The van der Waals surface area contributed by atoms with Crippen molar-refractivity contribution in [3.63, 3.8) is 0 Å². The van der Waals surface area contributed by atoms with Gasteiger partial charge in [-0.3, -0.25) is 0 Å². The van der Waals surface area contributed by atoms with Gasteiger partial charge in [-0.15, -0.1) is 0 Å². The van der Waals surface area contributed by atoms with E-state index >= 15 is 0 Å². The topological polar surface area (TPSA) is 6.48 Å². The molecule has 0 aromatic heterocycles. The third kappa shape index (κ3) is 4.43. The summed E-state index contributed by atoms with van der Waals surface area (Å²) in [5.74, 6) is 0. The first-order valence-corrected chi connectivity index (χ1v) is 20.0. The smallest absolute Gasteiger partial charge is 0.0545 e. The molecule has 0 fully saturated rings. The number of benzene rings is 7. The molecule has 0 N–H and O–H groups in total. The van der Waals surface area contributed by atoms with E-state index in [-0.39, 0.29) is 16.2 Å². The van der Waals surface area contributed by atoms with Crippen molar-refractivity contribution in [1.82, 2.24) is 0 Å². The van der Waals surface area contributed by atoms with Crippen molar-refractivity contribution < 1.29 is 0 Å². The summed E-state index contributed by atoms with van der Waals surface area (Å²) in [5.41, 5.74) is 18.5. The molecule has 268 valence electrons. The number of anilines is 5. The highest BCUT2D eigenvalue weighted by molar-refractivity contribution is 5.97. The molecular weight excluding hydrogens is 665 g/mol.